The molecule has 0 unspecified atom stereocenters. The minimum absolute atomic E-state index is 0.0138. The summed E-state index contributed by atoms with van der Waals surface area (Å²) in [5, 5.41) is 8.69. The lowest BCUT2D eigenvalue weighted by atomic mass is 10.2. The average Bonchev–Trinajstić information content (AvgIpc) is 3.31. The van der Waals surface area contributed by atoms with E-state index in [1.165, 1.54) is 0 Å². The minimum Gasteiger partial charge on any atom is -0.484 e. The van der Waals surface area contributed by atoms with Crippen molar-refractivity contribution in [3.8, 4) is 28.5 Å². The Labute approximate surface area is 179 Å². The normalized spacial score (nSPS) is 15.1. The SMILES string of the molecule is O=C(COc1ccc2c(c1)OCO2)N1CCN(c2ccc(-c3ccncc3)nn2)CC1. The van der Waals surface area contributed by atoms with Gasteiger partial charge in [-0.25, -0.2) is 0 Å². The maximum absolute atomic E-state index is 12.5. The number of hydrogen-bond donors (Lipinski definition) is 0. The van der Waals surface area contributed by atoms with Gasteiger partial charge in [-0.05, 0) is 36.4 Å². The Kier molecular flexibility index (Phi) is 5.22. The van der Waals surface area contributed by atoms with Crippen LogP contribution in [-0.2, 0) is 4.79 Å². The maximum atomic E-state index is 12.5. The van der Waals surface area contributed by atoms with E-state index in [0.29, 0.717) is 43.4 Å². The van der Waals surface area contributed by atoms with Crippen LogP contribution in [0, 0.1) is 0 Å². The minimum atomic E-state index is -0.0450. The van der Waals surface area contributed by atoms with Gasteiger partial charge in [0.2, 0.25) is 6.79 Å². The summed E-state index contributed by atoms with van der Waals surface area (Å²) in [5.41, 5.74) is 1.78. The summed E-state index contributed by atoms with van der Waals surface area (Å²) in [6.45, 7) is 2.80. The van der Waals surface area contributed by atoms with Crippen LogP contribution in [0.3, 0.4) is 0 Å². The van der Waals surface area contributed by atoms with Crippen molar-refractivity contribution < 1.29 is 19.0 Å². The predicted octanol–water partition coefficient (Wildman–Crippen LogP) is 1.99. The number of anilines is 1. The molecule has 0 bridgehead atoms. The van der Waals surface area contributed by atoms with E-state index in [1.807, 2.05) is 29.2 Å². The molecule has 1 aromatic carbocycles. The van der Waals surface area contributed by atoms with Crippen molar-refractivity contribution in [1.82, 2.24) is 20.1 Å². The predicted molar refractivity (Wildman–Crippen MR) is 112 cm³/mol. The summed E-state index contributed by atoms with van der Waals surface area (Å²) in [6, 6.07) is 13.0. The Hall–Kier alpha value is -3.88. The number of ether oxygens (including phenoxy) is 3. The molecular formula is C22H21N5O4. The molecule has 2 aliphatic heterocycles. The zero-order valence-electron chi connectivity index (χ0n) is 16.8. The molecule has 0 atom stereocenters. The van der Waals surface area contributed by atoms with E-state index in [2.05, 4.69) is 20.1 Å². The lowest BCUT2D eigenvalue weighted by Crippen LogP contribution is -2.50. The molecule has 4 heterocycles. The summed E-state index contributed by atoms with van der Waals surface area (Å²) in [7, 11) is 0. The average molecular weight is 419 g/mol. The number of piperazine rings is 1. The Morgan fingerprint density at radius 3 is 2.52 bits per heavy atom. The van der Waals surface area contributed by atoms with Gasteiger partial charge in [0.1, 0.15) is 5.75 Å². The van der Waals surface area contributed by atoms with Crippen molar-refractivity contribution >= 4 is 11.7 Å². The van der Waals surface area contributed by atoms with Crippen LogP contribution < -0.4 is 19.1 Å². The number of carbonyl (C=O) groups is 1. The second-order valence-electron chi connectivity index (χ2n) is 7.18. The fourth-order valence-corrected chi connectivity index (χ4v) is 3.56. The molecule has 9 heteroatoms. The number of hydrogen-bond acceptors (Lipinski definition) is 8. The molecule has 0 N–H and O–H groups in total. The standard InChI is InChI=1S/C22H21N5O4/c28-22(14-29-17-1-3-19-20(13-17)31-15-30-19)27-11-9-26(10-12-27)21-4-2-18(24-25-21)16-5-7-23-8-6-16/h1-8,13H,9-12,14-15H2. The van der Waals surface area contributed by atoms with Gasteiger partial charge in [0.05, 0.1) is 5.69 Å². The van der Waals surface area contributed by atoms with Gasteiger partial charge in [0.25, 0.3) is 5.91 Å². The first-order valence-electron chi connectivity index (χ1n) is 10.1. The smallest absolute Gasteiger partial charge is 0.260 e. The van der Waals surface area contributed by atoms with Crippen LogP contribution >= 0.6 is 0 Å². The molecule has 0 saturated carbocycles. The number of rotatable bonds is 5. The first-order chi connectivity index (χ1) is 15.3. The largest absolute Gasteiger partial charge is 0.484 e. The summed E-state index contributed by atoms with van der Waals surface area (Å²) >= 11 is 0. The lowest BCUT2D eigenvalue weighted by Gasteiger charge is -2.35. The van der Waals surface area contributed by atoms with Crippen LogP contribution in [0.2, 0.25) is 0 Å². The van der Waals surface area contributed by atoms with Crippen molar-refractivity contribution in [2.45, 2.75) is 0 Å². The number of pyridine rings is 1. The molecule has 1 amide bonds. The van der Waals surface area contributed by atoms with Gasteiger partial charge >= 0.3 is 0 Å². The van der Waals surface area contributed by atoms with Crippen molar-refractivity contribution in [1.29, 1.82) is 0 Å². The van der Waals surface area contributed by atoms with Gasteiger partial charge < -0.3 is 24.0 Å². The molecule has 2 aromatic heterocycles. The van der Waals surface area contributed by atoms with Crippen LogP contribution in [0.5, 0.6) is 17.2 Å². The molecule has 31 heavy (non-hydrogen) atoms. The molecule has 0 radical (unpaired) electrons. The van der Waals surface area contributed by atoms with E-state index >= 15 is 0 Å². The van der Waals surface area contributed by atoms with Gasteiger partial charge in [0.15, 0.2) is 23.9 Å². The number of carbonyl (C=O) groups excluding carboxylic acids is 1. The Morgan fingerprint density at radius 1 is 0.935 bits per heavy atom. The number of aromatic nitrogens is 3. The maximum Gasteiger partial charge on any atom is 0.260 e. The van der Waals surface area contributed by atoms with Gasteiger partial charge in [-0.2, -0.15) is 0 Å². The van der Waals surface area contributed by atoms with Gasteiger partial charge in [-0.3, -0.25) is 9.78 Å². The highest BCUT2D eigenvalue weighted by atomic mass is 16.7. The molecular weight excluding hydrogens is 398 g/mol. The zero-order chi connectivity index (χ0) is 21.0. The van der Waals surface area contributed by atoms with E-state index < -0.39 is 0 Å². The van der Waals surface area contributed by atoms with Crippen molar-refractivity contribution in [3.05, 3.63) is 54.9 Å². The Balaban J connectivity index is 1.13. The monoisotopic (exact) mass is 419 g/mol. The molecule has 2 aliphatic rings. The topological polar surface area (TPSA) is 89.9 Å². The zero-order valence-corrected chi connectivity index (χ0v) is 16.8. The van der Waals surface area contributed by atoms with E-state index in [9.17, 15) is 4.79 Å². The van der Waals surface area contributed by atoms with E-state index in [4.69, 9.17) is 14.2 Å². The van der Waals surface area contributed by atoms with E-state index in [1.54, 1.807) is 30.6 Å². The van der Waals surface area contributed by atoms with Gasteiger partial charge in [0, 0.05) is 50.2 Å². The second kappa shape index (κ2) is 8.47. The molecule has 3 aromatic rings. The third-order valence-electron chi connectivity index (χ3n) is 5.29. The third-order valence-corrected chi connectivity index (χ3v) is 5.29. The van der Waals surface area contributed by atoms with Gasteiger partial charge in [-0.1, -0.05) is 0 Å². The quantitative estimate of drug-likeness (QED) is 0.620. The first-order valence-corrected chi connectivity index (χ1v) is 10.1. The van der Waals surface area contributed by atoms with Crippen LogP contribution in [0.15, 0.2) is 54.9 Å². The Morgan fingerprint density at radius 2 is 1.74 bits per heavy atom. The molecule has 0 aliphatic carbocycles. The fraction of sp³-hybridized carbons (Fsp3) is 0.273. The molecule has 5 rings (SSSR count). The number of fused-ring (bicyclic) bond motifs is 1. The highest BCUT2D eigenvalue weighted by Crippen LogP contribution is 2.35. The van der Waals surface area contributed by atoms with Crippen LogP contribution in [0.4, 0.5) is 5.82 Å². The van der Waals surface area contributed by atoms with Crippen molar-refractivity contribution in [2.75, 3.05) is 44.5 Å². The van der Waals surface area contributed by atoms with E-state index in [0.717, 1.165) is 17.1 Å². The third kappa shape index (κ3) is 4.20. The number of nitrogens with zero attached hydrogens (tertiary/aromatic N) is 5. The number of benzene rings is 1. The molecule has 1 saturated heterocycles. The van der Waals surface area contributed by atoms with Crippen LogP contribution in [0.25, 0.3) is 11.3 Å². The molecule has 9 nitrogen and oxygen atoms in total. The fourth-order valence-electron chi connectivity index (χ4n) is 3.56. The Bertz CT molecular complexity index is 1050. The molecule has 0 spiro atoms. The molecule has 1 fully saturated rings. The van der Waals surface area contributed by atoms with Crippen molar-refractivity contribution in [2.24, 2.45) is 0 Å². The van der Waals surface area contributed by atoms with Crippen LogP contribution in [-0.4, -0.2) is 65.6 Å². The summed E-state index contributed by atoms with van der Waals surface area (Å²) in [5.74, 6) is 2.67. The van der Waals surface area contributed by atoms with Crippen LogP contribution in [0.1, 0.15) is 0 Å². The number of amides is 1. The van der Waals surface area contributed by atoms with Gasteiger partial charge in [-0.15, -0.1) is 10.2 Å². The first kappa shape index (κ1) is 19.1. The van der Waals surface area contributed by atoms with Crippen molar-refractivity contribution in [3.63, 3.8) is 0 Å². The highest BCUT2D eigenvalue weighted by molar-refractivity contribution is 5.78. The lowest BCUT2D eigenvalue weighted by molar-refractivity contribution is -0.133. The summed E-state index contributed by atoms with van der Waals surface area (Å²) in [4.78, 5) is 20.5. The van der Waals surface area contributed by atoms with E-state index in [-0.39, 0.29) is 19.3 Å². The molecule has 158 valence electrons. The second-order valence-corrected chi connectivity index (χ2v) is 7.18. The highest BCUT2D eigenvalue weighted by Gasteiger charge is 2.23. The summed E-state index contributed by atoms with van der Waals surface area (Å²) in [6.07, 6.45) is 3.47. The summed E-state index contributed by atoms with van der Waals surface area (Å²) < 4.78 is 16.3.